The third-order valence-corrected chi connectivity index (χ3v) is 7.59. The summed E-state index contributed by atoms with van der Waals surface area (Å²) in [7, 11) is 0. The highest BCUT2D eigenvalue weighted by molar-refractivity contribution is 8.00. The molecule has 0 saturated heterocycles. The van der Waals surface area contributed by atoms with Crippen LogP contribution in [0, 0.1) is 0 Å². The average Bonchev–Trinajstić information content (AvgIpc) is 2.98. The maximum absolute atomic E-state index is 13.2. The first-order valence-corrected chi connectivity index (χ1v) is 10.7. The number of carbonyl (C=O) groups excluding carboxylic acids is 1. The van der Waals surface area contributed by atoms with Crippen LogP contribution in [0.25, 0.3) is 10.2 Å². The zero-order chi connectivity index (χ0) is 17.4. The summed E-state index contributed by atoms with van der Waals surface area (Å²) in [5.74, 6) is 0.293. The van der Waals surface area contributed by atoms with Crippen LogP contribution in [0.4, 0.5) is 0 Å². The topological polar surface area (TPSA) is 52.0 Å². The summed E-state index contributed by atoms with van der Waals surface area (Å²) >= 11 is 3.14. The Morgan fingerprint density at radius 1 is 1.20 bits per heavy atom. The van der Waals surface area contributed by atoms with Crippen LogP contribution < -0.4 is 5.56 Å². The molecule has 1 fully saturated rings. The second-order valence-electron chi connectivity index (χ2n) is 6.81. The number of fused-ring (bicyclic) bond motifs is 3. The van der Waals surface area contributed by atoms with E-state index in [1.165, 1.54) is 28.6 Å². The molecule has 0 N–H and O–H groups in total. The van der Waals surface area contributed by atoms with Crippen molar-refractivity contribution in [2.75, 3.05) is 0 Å². The van der Waals surface area contributed by atoms with Gasteiger partial charge in [-0.3, -0.25) is 14.2 Å². The zero-order valence-electron chi connectivity index (χ0n) is 14.3. The molecule has 2 aromatic rings. The van der Waals surface area contributed by atoms with Crippen LogP contribution >= 0.6 is 23.1 Å². The van der Waals surface area contributed by atoms with E-state index in [4.69, 9.17) is 4.98 Å². The molecular weight excluding hydrogens is 352 g/mol. The number of aryl methyl sites for hydroxylation is 2. The van der Waals surface area contributed by atoms with Gasteiger partial charge >= 0.3 is 0 Å². The summed E-state index contributed by atoms with van der Waals surface area (Å²) in [6.07, 6.45) is 9.70. The normalized spacial score (nSPS) is 20.6. The first kappa shape index (κ1) is 17.0. The second kappa shape index (κ2) is 7.08. The Bertz CT molecular complexity index is 897. The molecule has 1 atom stereocenters. The van der Waals surface area contributed by atoms with Gasteiger partial charge in [0.1, 0.15) is 10.6 Å². The molecule has 4 nitrogen and oxygen atoms in total. The molecule has 4 rings (SSSR count). The van der Waals surface area contributed by atoms with Crippen LogP contribution in [0.5, 0.6) is 0 Å². The Labute approximate surface area is 155 Å². The Morgan fingerprint density at radius 3 is 2.80 bits per heavy atom. The fourth-order valence-corrected chi connectivity index (χ4v) is 6.33. The van der Waals surface area contributed by atoms with Crippen molar-refractivity contribution in [3.8, 4) is 0 Å². The molecule has 2 aliphatic carbocycles. The molecule has 0 amide bonds. The molecule has 25 heavy (non-hydrogen) atoms. The molecule has 132 valence electrons. The van der Waals surface area contributed by atoms with Crippen LogP contribution in [-0.4, -0.2) is 20.6 Å². The van der Waals surface area contributed by atoms with E-state index in [2.05, 4.69) is 6.58 Å². The lowest BCUT2D eigenvalue weighted by molar-refractivity contribution is -0.119. The maximum atomic E-state index is 13.2. The Morgan fingerprint density at radius 2 is 2.00 bits per heavy atom. The number of Topliss-reactive ketones (excluding diaryl/α,β-unsaturated/α-hetero) is 1. The van der Waals surface area contributed by atoms with Crippen molar-refractivity contribution in [3.05, 3.63) is 33.4 Å². The van der Waals surface area contributed by atoms with E-state index < -0.39 is 0 Å². The van der Waals surface area contributed by atoms with Crippen LogP contribution in [0.3, 0.4) is 0 Å². The molecule has 0 spiro atoms. The van der Waals surface area contributed by atoms with E-state index >= 15 is 0 Å². The van der Waals surface area contributed by atoms with Gasteiger partial charge in [0, 0.05) is 17.8 Å². The molecule has 1 saturated carbocycles. The summed E-state index contributed by atoms with van der Waals surface area (Å²) in [5, 5.41) is 1.42. The van der Waals surface area contributed by atoms with E-state index in [0.29, 0.717) is 23.9 Å². The average molecular weight is 375 g/mol. The summed E-state index contributed by atoms with van der Waals surface area (Å²) in [5.41, 5.74) is 1.25. The SMILES string of the molecule is C=CCn1c(SC2CCCCC2=O)nc2sc3c(c2c1=O)CCCC3. The van der Waals surface area contributed by atoms with Crippen molar-refractivity contribution in [3.63, 3.8) is 0 Å². The summed E-state index contributed by atoms with van der Waals surface area (Å²) in [4.78, 5) is 32.4. The minimum absolute atomic E-state index is 0.0371. The summed E-state index contributed by atoms with van der Waals surface area (Å²) < 4.78 is 1.71. The smallest absolute Gasteiger partial charge is 0.263 e. The molecule has 2 aromatic heterocycles. The van der Waals surface area contributed by atoms with Crippen molar-refractivity contribution >= 4 is 39.1 Å². The molecule has 0 radical (unpaired) electrons. The first-order chi connectivity index (χ1) is 12.2. The van der Waals surface area contributed by atoms with Gasteiger partial charge in [0.05, 0.1) is 10.6 Å². The molecule has 2 heterocycles. The Balaban J connectivity index is 1.82. The van der Waals surface area contributed by atoms with Crippen molar-refractivity contribution in [2.24, 2.45) is 0 Å². The summed E-state index contributed by atoms with van der Waals surface area (Å²) in [6.45, 7) is 4.23. The minimum atomic E-state index is -0.0660. The fourth-order valence-electron chi connectivity index (χ4n) is 3.80. The van der Waals surface area contributed by atoms with E-state index in [0.717, 1.165) is 48.7 Å². The van der Waals surface area contributed by atoms with E-state index in [1.54, 1.807) is 22.0 Å². The van der Waals surface area contributed by atoms with Gasteiger partial charge in [0.15, 0.2) is 5.16 Å². The van der Waals surface area contributed by atoms with Crippen LogP contribution in [0.2, 0.25) is 0 Å². The number of ketones is 1. The van der Waals surface area contributed by atoms with Gasteiger partial charge in [-0.1, -0.05) is 24.3 Å². The van der Waals surface area contributed by atoms with Gasteiger partial charge in [0.2, 0.25) is 0 Å². The van der Waals surface area contributed by atoms with Crippen molar-refractivity contribution in [1.29, 1.82) is 0 Å². The number of allylic oxidation sites excluding steroid dienone is 1. The number of thiophene rings is 1. The third-order valence-electron chi connectivity index (χ3n) is 5.10. The Kier molecular flexibility index (Phi) is 4.82. The monoisotopic (exact) mass is 374 g/mol. The zero-order valence-corrected chi connectivity index (χ0v) is 15.9. The van der Waals surface area contributed by atoms with Gasteiger partial charge in [-0.2, -0.15) is 0 Å². The van der Waals surface area contributed by atoms with Crippen molar-refractivity contribution in [2.45, 2.75) is 68.3 Å². The standard InChI is InChI=1S/C19H22N2O2S2/c1-2-11-21-18(23)16-12-7-3-5-9-14(12)24-17(16)20-19(21)25-15-10-6-4-8-13(15)22/h2,15H,1,3-11H2. The lowest BCUT2D eigenvalue weighted by Gasteiger charge is -2.20. The van der Waals surface area contributed by atoms with Gasteiger partial charge < -0.3 is 0 Å². The quantitative estimate of drug-likeness (QED) is 0.596. The molecule has 0 aliphatic heterocycles. The lowest BCUT2D eigenvalue weighted by atomic mass is 9.97. The maximum Gasteiger partial charge on any atom is 0.263 e. The van der Waals surface area contributed by atoms with E-state index in [1.807, 2.05) is 0 Å². The van der Waals surface area contributed by atoms with E-state index in [9.17, 15) is 9.59 Å². The predicted molar refractivity (Wildman–Crippen MR) is 104 cm³/mol. The highest BCUT2D eigenvalue weighted by Crippen LogP contribution is 2.36. The number of hydrogen-bond donors (Lipinski definition) is 0. The van der Waals surface area contributed by atoms with Gasteiger partial charge in [0.25, 0.3) is 5.56 Å². The highest BCUT2D eigenvalue weighted by Gasteiger charge is 2.27. The minimum Gasteiger partial charge on any atom is -0.298 e. The highest BCUT2D eigenvalue weighted by atomic mass is 32.2. The van der Waals surface area contributed by atoms with Crippen LogP contribution in [0.15, 0.2) is 22.6 Å². The summed E-state index contributed by atoms with van der Waals surface area (Å²) in [6, 6.07) is 0. The predicted octanol–water partition coefficient (Wildman–Crippen LogP) is 4.13. The second-order valence-corrected chi connectivity index (χ2v) is 9.06. The Hall–Kier alpha value is -1.40. The van der Waals surface area contributed by atoms with Crippen LogP contribution in [-0.2, 0) is 24.2 Å². The lowest BCUT2D eigenvalue weighted by Crippen LogP contribution is -2.26. The first-order valence-electron chi connectivity index (χ1n) is 9.04. The molecule has 6 heteroatoms. The van der Waals surface area contributed by atoms with Gasteiger partial charge in [-0.25, -0.2) is 4.98 Å². The van der Waals surface area contributed by atoms with E-state index in [-0.39, 0.29) is 10.8 Å². The third kappa shape index (κ3) is 3.10. The van der Waals surface area contributed by atoms with Gasteiger partial charge in [-0.05, 0) is 44.1 Å². The number of thioether (sulfide) groups is 1. The molecule has 0 aromatic carbocycles. The van der Waals surface area contributed by atoms with Crippen molar-refractivity contribution in [1.82, 2.24) is 9.55 Å². The van der Waals surface area contributed by atoms with Crippen LogP contribution in [0.1, 0.15) is 49.0 Å². The molecular formula is C19H22N2O2S2. The molecule has 2 aliphatic rings. The number of nitrogens with zero attached hydrogens (tertiary/aromatic N) is 2. The number of rotatable bonds is 4. The number of aromatic nitrogens is 2. The number of carbonyl (C=O) groups is 1. The number of hydrogen-bond acceptors (Lipinski definition) is 5. The molecule has 1 unspecified atom stereocenters. The molecule has 0 bridgehead atoms. The fraction of sp³-hybridized carbons (Fsp3) is 0.526. The largest absolute Gasteiger partial charge is 0.298 e. The van der Waals surface area contributed by atoms with Gasteiger partial charge in [-0.15, -0.1) is 17.9 Å². The van der Waals surface area contributed by atoms with Crippen molar-refractivity contribution < 1.29 is 4.79 Å².